The van der Waals surface area contributed by atoms with E-state index in [0.29, 0.717) is 16.6 Å². The first-order valence-corrected chi connectivity index (χ1v) is 7.70. The lowest BCUT2D eigenvalue weighted by atomic mass is 10.3. The molecule has 0 aliphatic heterocycles. The number of nitrogens with one attached hydrogen (secondary N) is 1. The predicted molar refractivity (Wildman–Crippen MR) is 86.7 cm³/mol. The average molecular weight is 316 g/mol. The first-order chi connectivity index (χ1) is 10.6. The van der Waals surface area contributed by atoms with Crippen LogP contribution in [-0.2, 0) is 0 Å². The maximum absolute atomic E-state index is 12.4. The van der Waals surface area contributed by atoms with Crippen LogP contribution in [0.4, 0.5) is 5.13 Å². The van der Waals surface area contributed by atoms with E-state index in [9.17, 15) is 4.79 Å². The van der Waals surface area contributed by atoms with Crippen molar-refractivity contribution in [3.05, 3.63) is 36.2 Å². The molecule has 0 aliphatic rings. The summed E-state index contributed by atoms with van der Waals surface area (Å²) in [5, 5.41) is 7.54. The van der Waals surface area contributed by atoms with E-state index in [1.807, 2.05) is 32.0 Å². The highest BCUT2D eigenvalue weighted by Gasteiger charge is 2.16. The number of carbonyl (C=O) groups excluding carboxylic acids is 1. The van der Waals surface area contributed by atoms with Crippen LogP contribution in [0.3, 0.4) is 0 Å². The second-order valence-electron chi connectivity index (χ2n) is 5.03. The first-order valence-electron chi connectivity index (χ1n) is 6.88. The number of amides is 1. The van der Waals surface area contributed by atoms with Crippen LogP contribution in [0.1, 0.15) is 30.4 Å². The zero-order valence-corrected chi connectivity index (χ0v) is 13.3. The van der Waals surface area contributed by atoms with Crippen molar-refractivity contribution < 1.29 is 9.53 Å². The third-order valence-electron chi connectivity index (χ3n) is 3.21. The van der Waals surface area contributed by atoms with E-state index in [1.165, 1.54) is 11.3 Å². The van der Waals surface area contributed by atoms with Gasteiger partial charge >= 0.3 is 0 Å². The maximum atomic E-state index is 12.4. The summed E-state index contributed by atoms with van der Waals surface area (Å²) in [5.41, 5.74) is 1.27. The van der Waals surface area contributed by atoms with Gasteiger partial charge in [0, 0.05) is 12.2 Å². The fourth-order valence-corrected chi connectivity index (χ4v) is 3.09. The molecule has 0 atom stereocenters. The van der Waals surface area contributed by atoms with Crippen LogP contribution in [0.15, 0.2) is 30.5 Å². The summed E-state index contributed by atoms with van der Waals surface area (Å²) in [4.78, 5) is 16.8. The maximum Gasteiger partial charge on any atom is 0.275 e. The summed E-state index contributed by atoms with van der Waals surface area (Å²) in [7, 11) is 1.60. The van der Waals surface area contributed by atoms with Crippen molar-refractivity contribution in [3.63, 3.8) is 0 Å². The number of carbonyl (C=O) groups is 1. The summed E-state index contributed by atoms with van der Waals surface area (Å²) < 4.78 is 7.93. The van der Waals surface area contributed by atoms with Gasteiger partial charge in [-0.1, -0.05) is 17.4 Å². The summed E-state index contributed by atoms with van der Waals surface area (Å²) in [6.07, 6.45) is 1.62. The molecule has 0 fully saturated rings. The molecule has 1 aromatic carbocycles. The monoisotopic (exact) mass is 316 g/mol. The molecule has 0 unspecified atom stereocenters. The highest BCUT2D eigenvalue weighted by molar-refractivity contribution is 7.22. The molecule has 22 heavy (non-hydrogen) atoms. The number of fused-ring (bicyclic) bond motifs is 1. The Morgan fingerprint density at radius 1 is 1.36 bits per heavy atom. The molecule has 6 nitrogen and oxygen atoms in total. The summed E-state index contributed by atoms with van der Waals surface area (Å²) in [6.45, 7) is 3.96. The number of ether oxygens (including phenoxy) is 1. The third-order valence-corrected chi connectivity index (χ3v) is 4.15. The Morgan fingerprint density at radius 3 is 2.91 bits per heavy atom. The number of rotatable bonds is 4. The van der Waals surface area contributed by atoms with Gasteiger partial charge in [-0.3, -0.25) is 14.8 Å². The van der Waals surface area contributed by atoms with E-state index in [4.69, 9.17) is 4.74 Å². The fourth-order valence-electron chi connectivity index (χ4n) is 2.21. The van der Waals surface area contributed by atoms with E-state index in [-0.39, 0.29) is 11.9 Å². The van der Waals surface area contributed by atoms with Gasteiger partial charge in [-0.25, -0.2) is 4.98 Å². The molecule has 0 saturated heterocycles. The van der Waals surface area contributed by atoms with Crippen molar-refractivity contribution in [1.29, 1.82) is 0 Å². The molecule has 0 bridgehead atoms. The zero-order chi connectivity index (χ0) is 15.7. The van der Waals surface area contributed by atoms with Crippen LogP contribution in [0.5, 0.6) is 5.75 Å². The van der Waals surface area contributed by atoms with Crippen molar-refractivity contribution in [2.75, 3.05) is 12.4 Å². The highest BCUT2D eigenvalue weighted by atomic mass is 32.1. The van der Waals surface area contributed by atoms with Crippen molar-refractivity contribution in [1.82, 2.24) is 14.8 Å². The number of methoxy groups -OCH3 is 1. The largest absolute Gasteiger partial charge is 0.494 e. The zero-order valence-electron chi connectivity index (χ0n) is 12.5. The van der Waals surface area contributed by atoms with Crippen molar-refractivity contribution >= 4 is 32.6 Å². The lowest BCUT2D eigenvalue weighted by Crippen LogP contribution is -2.18. The fraction of sp³-hybridized carbons (Fsp3) is 0.267. The van der Waals surface area contributed by atoms with Gasteiger partial charge in [0.2, 0.25) is 0 Å². The molecule has 114 valence electrons. The van der Waals surface area contributed by atoms with Gasteiger partial charge in [-0.2, -0.15) is 5.10 Å². The minimum atomic E-state index is -0.218. The van der Waals surface area contributed by atoms with E-state index in [2.05, 4.69) is 15.4 Å². The number of hydrogen-bond acceptors (Lipinski definition) is 5. The standard InChI is InChI=1S/C15H16N4O2S/c1-9(2)19-10(7-8-16-19)14(20)18-15-17-13-11(21-3)5-4-6-12(13)22-15/h4-9H,1-3H3,(H,17,18,20). The molecular formula is C15H16N4O2S. The Bertz CT molecular complexity index is 822. The lowest BCUT2D eigenvalue weighted by molar-refractivity contribution is 0.101. The molecule has 2 heterocycles. The molecule has 3 rings (SSSR count). The Morgan fingerprint density at radius 2 is 2.18 bits per heavy atom. The second kappa shape index (κ2) is 5.76. The minimum Gasteiger partial charge on any atom is -0.494 e. The van der Waals surface area contributed by atoms with Crippen LogP contribution in [0, 0.1) is 0 Å². The van der Waals surface area contributed by atoms with Crippen molar-refractivity contribution in [3.8, 4) is 5.75 Å². The van der Waals surface area contributed by atoms with E-state index in [1.54, 1.807) is 24.1 Å². The molecule has 2 aromatic heterocycles. The molecule has 1 N–H and O–H groups in total. The Kier molecular flexibility index (Phi) is 3.81. The Hall–Kier alpha value is -2.41. The summed E-state index contributed by atoms with van der Waals surface area (Å²) in [6, 6.07) is 7.51. The molecule has 0 spiro atoms. The van der Waals surface area contributed by atoms with Gasteiger partial charge in [0.15, 0.2) is 5.13 Å². The molecule has 1 amide bonds. The van der Waals surface area contributed by atoms with Crippen LogP contribution >= 0.6 is 11.3 Å². The smallest absolute Gasteiger partial charge is 0.275 e. The van der Waals surface area contributed by atoms with E-state index >= 15 is 0 Å². The summed E-state index contributed by atoms with van der Waals surface area (Å²) >= 11 is 1.41. The Labute approximate surface area is 131 Å². The first kappa shape index (κ1) is 14.5. The van der Waals surface area contributed by atoms with Crippen molar-refractivity contribution in [2.45, 2.75) is 19.9 Å². The molecule has 0 radical (unpaired) electrons. The SMILES string of the molecule is COc1cccc2sc(NC(=O)c3ccnn3C(C)C)nc12. The van der Waals surface area contributed by atoms with Gasteiger partial charge in [-0.15, -0.1) is 0 Å². The lowest BCUT2D eigenvalue weighted by Gasteiger charge is -2.09. The van der Waals surface area contributed by atoms with Crippen molar-refractivity contribution in [2.24, 2.45) is 0 Å². The minimum absolute atomic E-state index is 0.117. The average Bonchev–Trinajstić information content (AvgIpc) is 3.12. The van der Waals surface area contributed by atoms with Crippen LogP contribution in [0.2, 0.25) is 0 Å². The van der Waals surface area contributed by atoms with Crippen LogP contribution in [0.25, 0.3) is 10.2 Å². The molecular weight excluding hydrogens is 300 g/mol. The third kappa shape index (κ3) is 2.55. The van der Waals surface area contributed by atoms with Gasteiger partial charge in [0.25, 0.3) is 5.91 Å². The van der Waals surface area contributed by atoms with E-state index < -0.39 is 0 Å². The highest BCUT2D eigenvalue weighted by Crippen LogP contribution is 2.32. The number of aromatic nitrogens is 3. The number of hydrogen-bond donors (Lipinski definition) is 1. The van der Waals surface area contributed by atoms with Gasteiger partial charge in [-0.05, 0) is 32.0 Å². The number of nitrogens with zero attached hydrogens (tertiary/aromatic N) is 3. The number of para-hydroxylation sites is 1. The quantitative estimate of drug-likeness (QED) is 0.801. The van der Waals surface area contributed by atoms with Crippen LogP contribution in [-0.4, -0.2) is 27.8 Å². The second-order valence-corrected chi connectivity index (χ2v) is 6.07. The molecule has 3 aromatic rings. The number of thiazole rings is 1. The Balaban J connectivity index is 1.90. The van der Waals surface area contributed by atoms with Gasteiger partial charge in [0.1, 0.15) is 17.0 Å². The number of anilines is 1. The number of benzene rings is 1. The molecule has 7 heteroatoms. The van der Waals surface area contributed by atoms with E-state index in [0.717, 1.165) is 10.2 Å². The van der Waals surface area contributed by atoms with Crippen LogP contribution < -0.4 is 10.1 Å². The normalized spacial score (nSPS) is 11.1. The van der Waals surface area contributed by atoms with Gasteiger partial charge < -0.3 is 4.74 Å². The topological polar surface area (TPSA) is 69.0 Å². The molecule has 0 aliphatic carbocycles. The molecule has 0 saturated carbocycles. The summed E-state index contributed by atoms with van der Waals surface area (Å²) in [5.74, 6) is 0.477. The predicted octanol–water partition coefficient (Wildman–Crippen LogP) is 3.33. The van der Waals surface area contributed by atoms with Gasteiger partial charge in [0.05, 0.1) is 11.8 Å².